The Morgan fingerprint density at radius 3 is 1.80 bits per heavy atom. The summed E-state index contributed by atoms with van der Waals surface area (Å²) in [6.45, 7) is 2.26. The van der Waals surface area contributed by atoms with Crippen LogP contribution in [0.4, 0.5) is 0 Å². The summed E-state index contributed by atoms with van der Waals surface area (Å²) < 4.78 is 12.0. The molecule has 0 aromatic heterocycles. The van der Waals surface area contributed by atoms with E-state index < -0.39 is 7.80 Å². The fourth-order valence-electron chi connectivity index (χ4n) is 2.47. The molecule has 0 aliphatic carbocycles. The first-order chi connectivity index (χ1) is 9.84. The van der Waals surface area contributed by atoms with Crippen LogP contribution in [0.25, 0.3) is 0 Å². The van der Waals surface area contributed by atoms with E-state index in [1.807, 2.05) is 30.3 Å². The first kappa shape index (κ1) is 17.4. The van der Waals surface area contributed by atoms with Crippen LogP contribution in [0, 0.1) is 0 Å². The van der Waals surface area contributed by atoms with Crippen molar-refractivity contribution in [1.29, 1.82) is 0 Å². The van der Waals surface area contributed by atoms with Gasteiger partial charge in [0.15, 0.2) is 11.5 Å². The zero-order valence-electron chi connectivity index (χ0n) is 13.0. The van der Waals surface area contributed by atoms with Gasteiger partial charge in [0.2, 0.25) is 0 Å². The van der Waals surface area contributed by atoms with E-state index in [9.17, 15) is 4.57 Å². The molecule has 0 bridgehead atoms. The molecule has 20 heavy (non-hydrogen) atoms. The summed E-state index contributed by atoms with van der Waals surface area (Å²) in [5.74, 6) is 0. The minimum atomic E-state index is -1.16. The monoisotopic (exact) mass is 293 g/mol. The van der Waals surface area contributed by atoms with E-state index >= 15 is 0 Å². The van der Waals surface area contributed by atoms with Crippen molar-refractivity contribution in [2.45, 2.75) is 71.1 Å². The molecule has 1 atom stereocenters. The molecule has 0 saturated heterocycles. The van der Waals surface area contributed by atoms with Gasteiger partial charge in [-0.25, -0.2) is 0 Å². The summed E-state index contributed by atoms with van der Waals surface area (Å²) in [7, 11) is -1.16. The lowest BCUT2D eigenvalue weighted by molar-refractivity contribution is 0.560. The lowest BCUT2D eigenvalue weighted by Gasteiger charge is -2.00. The lowest BCUT2D eigenvalue weighted by atomic mass is 10.1. The molecule has 0 heterocycles. The normalized spacial score (nSPS) is 11.6. The van der Waals surface area contributed by atoms with Crippen molar-refractivity contribution in [3.8, 4) is 0 Å². The summed E-state index contributed by atoms with van der Waals surface area (Å²) in [6.07, 6.45) is 14.2. The molecule has 1 aromatic rings. The Bertz CT molecular complexity index is 348. The molecule has 1 aromatic carbocycles. The molecule has 0 amide bonds. The van der Waals surface area contributed by atoms with E-state index in [1.165, 1.54) is 57.8 Å². The van der Waals surface area contributed by atoms with Crippen molar-refractivity contribution < 1.29 is 4.57 Å². The van der Waals surface area contributed by atoms with Gasteiger partial charge in [0, 0.05) is 0 Å². The third kappa shape index (κ3) is 8.48. The number of benzene rings is 1. The Labute approximate surface area is 126 Å². The average Bonchev–Trinajstić information content (AvgIpc) is 2.50. The van der Waals surface area contributed by atoms with E-state index in [0.717, 1.165) is 17.9 Å². The Kier molecular flexibility index (Phi) is 10.5. The summed E-state index contributed by atoms with van der Waals surface area (Å²) in [4.78, 5) is 0. The maximum absolute atomic E-state index is 12.0. The number of hydrogen-bond donors (Lipinski definition) is 0. The van der Waals surface area contributed by atoms with Crippen molar-refractivity contribution in [1.82, 2.24) is 0 Å². The molecule has 1 unspecified atom stereocenters. The smallest absolute Gasteiger partial charge is 0.0681 e. The summed E-state index contributed by atoms with van der Waals surface area (Å²) >= 11 is 0. The number of rotatable bonds is 12. The largest absolute Gasteiger partial charge is 0.376 e. The molecule has 112 valence electrons. The fourth-order valence-corrected chi connectivity index (χ4v) is 3.74. The van der Waals surface area contributed by atoms with Crippen molar-refractivity contribution in [2.75, 3.05) is 6.16 Å². The third-order valence-electron chi connectivity index (χ3n) is 3.76. The van der Waals surface area contributed by atoms with E-state index in [1.54, 1.807) is 0 Å². The molecule has 0 radical (unpaired) electrons. The van der Waals surface area contributed by atoms with E-state index in [-0.39, 0.29) is 0 Å². The Hall–Kier alpha value is -0.680. The Morgan fingerprint density at radius 2 is 1.25 bits per heavy atom. The van der Waals surface area contributed by atoms with Crippen LogP contribution in [0.3, 0.4) is 0 Å². The van der Waals surface area contributed by atoms with E-state index in [2.05, 4.69) is 6.92 Å². The SMILES string of the molecule is CCCCCCCCCCCC[P+](=O)c1ccccc1. The van der Waals surface area contributed by atoms with Crippen molar-refractivity contribution in [2.24, 2.45) is 0 Å². The minimum absolute atomic E-state index is 0.857. The average molecular weight is 293 g/mol. The molecule has 2 heteroatoms. The highest BCUT2D eigenvalue weighted by Crippen LogP contribution is 2.22. The quantitative estimate of drug-likeness (QED) is 0.338. The molecule has 1 rings (SSSR count). The maximum Gasteiger partial charge on any atom is 0.376 e. The van der Waals surface area contributed by atoms with Crippen LogP contribution in [-0.4, -0.2) is 6.16 Å². The fraction of sp³-hybridized carbons (Fsp3) is 0.667. The van der Waals surface area contributed by atoms with E-state index in [0.29, 0.717) is 0 Å². The third-order valence-corrected chi connectivity index (χ3v) is 5.36. The van der Waals surface area contributed by atoms with Crippen LogP contribution in [0.15, 0.2) is 30.3 Å². The first-order valence-electron chi connectivity index (χ1n) is 8.34. The highest BCUT2D eigenvalue weighted by atomic mass is 31.1. The van der Waals surface area contributed by atoms with Crippen LogP contribution in [0.5, 0.6) is 0 Å². The lowest BCUT2D eigenvalue weighted by Crippen LogP contribution is -1.96. The molecule has 0 saturated carbocycles. The molecular weight excluding hydrogens is 263 g/mol. The molecule has 0 aliphatic heterocycles. The van der Waals surface area contributed by atoms with Gasteiger partial charge in [0.05, 0.1) is 0 Å². The van der Waals surface area contributed by atoms with Crippen LogP contribution in [-0.2, 0) is 4.57 Å². The van der Waals surface area contributed by atoms with Crippen molar-refractivity contribution in [3.05, 3.63) is 30.3 Å². The van der Waals surface area contributed by atoms with Crippen molar-refractivity contribution >= 4 is 13.1 Å². The predicted octanol–water partition coefficient (Wildman–Crippen LogP) is 6.06. The van der Waals surface area contributed by atoms with Gasteiger partial charge in [-0.05, 0) is 25.0 Å². The molecule has 0 fully saturated rings. The molecule has 0 aliphatic rings. The second-order valence-electron chi connectivity index (χ2n) is 5.62. The summed E-state index contributed by atoms with van der Waals surface area (Å²) in [6, 6.07) is 9.89. The van der Waals surface area contributed by atoms with Crippen LogP contribution in [0.2, 0.25) is 0 Å². The highest BCUT2D eigenvalue weighted by Gasteiger charge is 2.17. The standard InChI is InChI=1S/C18H30OP/c1-2-3-4-5-6-7-8-9-10-14-17-20(19)18-15-12-11-13-16-18/h11-13,15-16H,2-10,14,17H2,1H3/q+1. The molecular formula is C18H30OP+. The van der Waals surface area contributed by atoms with Gasteiger partial charge in [0.1, 0.15) is 0 Å². The second kappa shape index (κ2) is 12.1. The topological polar surface area (TPSA) is 17.1 Å². The number of unbranched alkanes of at least 4 members (excludes halogenated alkanes) is 9. The van der Waals surface area contributed by atoms with Crippen LogP contribution >= 0.6 is 7.80 Å². The molecule has 0 spiro atoms. The zero-order chi connectivity index (χ0) is 14.5. The van der Waals surface area contributed by atoms with Gasteiger partial charge >= 0.3 is 7.80 Å². The van der Waals surface area contributed by atoms with Gasteiger partial charge in [0.25, 0.3) is 0 Å². The minimum Gasteiger partial charge on any atom is -0.0681 e. The molecule has 1 nitrogen and oxygen atoms in total. The van der Waals surface area contributed by atoms with Crippen molar-refractivity contribution in [3.63, 3.8) is 0 Å². The first-order valence-corrected chi connectivity index (χ1v) is 9.79. The van der Waals surface area contributed by atoms with Gasteiger partial charge < -0.3 is 0 Å². The highest BCUT2D eigenvalue weighted by molar-refractivity contribution is 7.53. The van der Waals surface area contributed by atoms with Gasteiger partial charge in [-0.1, -0.05) is 81.1 Å². The summed E-state index contributed by atoms with van der Waals surface area (Å²) in [5, 5.41) is 1.01. The zero-order valence-corrected chi connectivity index (χ0v) is 13.9. The Morgan fingerprint density at radius 1 is 0.750 bits per heavy atom. The number of hydrogen-bond acceptors (Lipinski definition) is 1. The van der Waals surface area contributed by atoms with Gasteiger partial charge in [-0.3, -0.25) is 0 Å². The van der Waals surface area contributed by atoms with Gasteiger partial charge in [-0.2, -0.15) is 0 Å². The van der Waals surface area contributed by atoms with E-state index in [4.69, 9.17) is 0 Å². The molecule has 0 N–H and O–H groups in total. The predicted molar refractivity (Wildman–Crippen MR) is 90.4 cm³/mol. The second-order valence-corrected chi connectivity index (χ2v) is 7.34. The maximum atomic E-state index is 12.0. The van der Waals surface area contributed by atoms with Crippen LogP contribution < -0.4 is 5.30 Å². The van der Waals surface area contributed by atoms with Gasteiger partial charge in [-0.15, -0.1) is 0 Å². The van der Waals surface area contributed by atoms with Crippen LogP contribution in [0.1, 0.15) is 71.1 Å². The summed E-state index contributed by atoms with van der Waals surface area (Å²) in [5.41, 5.74) is 0. The Balaban J connectivity index is 1.91.